The number of ether oxygens (including phenoxy) is 1. The van der Waals surface area contributed by atoms with Crippen molar-refractivity contribution < 1.29 is 58.6 Å². The Bertz CT molecular complexity index is 957. The molecule has 0 saturated carbocycles. The molecular formula is C17H18ClN4NaO6S2. The van der Waals surface area contributed by atoms with Crippen LogP contribution < -0.4 is 45.7 Å². The van der Waals surface area contributed by atoms with E-state index in [2.05, 4.69) is 10.3 Å². The number of hydrogen-bond donors (Lipinski definition) is 2. The quantitative estimate of drug-likeness (QED) is 0.176. The Morgan fingerprint density at radius 3 is 2.68 bits per heavy atom. The summed E-state index contributed by atoms with van der Waals surface area (Å²) >= 11 is 8.28. The maximum Gasteiger partial charge on any atom is 1.00 e. The van der Waals surface area contributed by atoms with Crippen LogP contribution in [-0.4, -0.2) is 64.0 Å². The first-order chi connectivity index (χ1) is 14.1. The van der Waals surface area contributed by atoms with Crippen LogP contribution in [0, 0.1) is 5.41 Å². The fourth-order valence-electron chi connectivity index (χ4n) is 3.21. The van der Waals surface area contributed by atoms with E-state index in [1.54, 1.807) is 6.92 Å². The number of anilines is 1. The Morgan fingerprint density at radius 2 is 2.16 bits per heavy atom. The van der Waals surface area contributed by atoms with Gasteiger partial charge < -0.3 is 30.6 Å². The molecule has 14 heteroatoms. The molecule has 2 aliphatic heterocycles. The van der Waals surface area contributed by atoms with Crippen molar-refractivity contribution >= 4 is 69.2 Å². The van der Waals surface area contributed by atoms with Gasteiger partial charge in [0.05, 0.1) is 17.0 Å². The van der Waals surface area contributed by atoms with Gasteiger partial charge in [-0.15, -0.1) is 11.8 Å². The van der Waals surface area contributed by atoms with Gasteiger partial charge in [0, 0.05) is 19.2 Å². The molecule has 2 fully saturated rings. The summed E-state index contributed by atoms with van der Waals surface area (Å²) in [5.41, 5.74) is 4.54. The van der Waals surface area contributed by atoms with Crippen LogP contribution in [0.4, 0.5) is 5.13 Å². The van der Waals surface area contributed by atoms with Crippen molar-refractivity contribution in [3.05, 3.63) is 16.1 Å². The molecule has 31 heavy (non-hydrogen) atoms. The molecule has 3 atom stereocenters. The molecule has 3 heterocycles. The zero-order chi connectivity index (χ0) is 22.2. The van der Waals surface area contributed by atoms with Gasteiger partial charge in [0.15, 0.2) is 5.13 Å². The maximum atomic E-state index is 12.7. The number of aromatic nitrogens is 1. The van der Waals surface area contributed by atoms with Crippen LogP contribution in [0.3, 0.4) is 0 Å². The minimum Gasteiger partial charge on any atom is -0.549 e. The number of aliphatic carboxylic acids is 1. The molecule has 3 N–H and O–H groups in total. The molecule has 162 valence electrons. The van der Waals surface area contributed by atoms with Crippen molar-refractivity contribution in [1.82, 2.24) is 15.2 Å². The van der Waals surface area contributed by atoms with Crippen LogP contribution in [0.5, 0.6) is 0 Å². The number of thiazole rings is 1. The van der Waals surface area contributed by atoms with E-state index in [0.717, 1.165) is 11.3 Å². The van der Waals surface area contributed by atoms with E-state index < -0.39 is 47.2 Å². The van der Waals surface area contributed by atoms with Gasteiger partial charge in [-0.2, -0.15) is 0 Å². The van der Waals surface area contributed by atoms with Gasteiger partial charge in [0.1, 0.15) is 28.1 Å². The van der Waals surface area contributed by atoms with E-state index in [9.17, 15) is 24.3 Å². The fourth-order valence-corrected chi connectivity index (χ4v) is 5.69. The molecule has 1 aromatic heterocycles. The molecule has 2 aliphatic rings. The number of thioether (sulfide) groups is 1. The minimum absolute atomic E-state index is 0. The SMILES string of the molecule is CC=C(C(=O)NC1C(=O)N2CC(COC(C)=O)(C(=O)[O-])CS[C@H]12)c1nc(N)sc1Cl.[Na+]. The number of nitrogen functional groups attached to an aromatic ring is 1. The summed E-state index contributed by atoms with van der Waals surface area (Å²) in [6.07, 6.45) is 1.52. The molecule has 0 bridgehead atoms. The van der Waals surface area contributed by atoms with Gasteiger partial charge in [0.2, 0.25) is 5.91 Å². The second-order valence-corrected chi connectivity index (χ2v) is 9.58. The van der Waals surface area contributed by atoms with Crippen molar-refractivity contribution in [3.8, 4) is 0 Å². The van der Waals surface area contributed by atoms with Crippen LogP contribution in [0.15, 0.2) is 6.08 Å². The van der Waals surface area contributed by atoms with Crippen molar-refractivity contribution in [2.45, 2.75) is 25.3 Å². The third kappa shape index (κ3) is 5.04. The first kappa shape index (κ1) is 25.9. The molecule has 3 rings (SSSR count). The Labute approximate surface area is 213 Å². The summed E-state index contributed by atoms with van der Waals surface area (Å²) in [6.45, 7) is 2.24. The standard InChI is InChI=1S/C17H19ClN4O6S2.Na/c1-3-8(9-11(18)30-16(19)21-9)12(24)20-10-13(25)22-4-17(15(26)27,5-28-7(2)23)6-29-14(10)22;/h3,10,14H,4-6H2,1-2H3,(H2,19,21)(H,20,24)(H,26,27);/q;+1/p-1/t10?,14-,17?;/m1./s1. The molecule has 0 aliphatic carbocycles. The summed E-state index contributed by atoms with van der Waals surface area (Å²) < 4.78 is 5.13. The van der Waals surface area contributed by atoms with Crippen molar-refractivity contribution in [2.75, 3.05) is 24.6 Å². The van der Waals surface area contributed by atoms with Gasteiger partial charge in [-0.3, -0.25) is 14.4 Å². The summed E-state index contributed by atoms with van der Waals surface area (Å²) in [6, 6.07) is -0.833. The Morgan fingerprint density at radius 1 is 1.48 bits per heavy atom. The van der Waals surface area contributed by atoms with Crippen molar-refractivity contribution in [2.24, 2.45) is 5.41 Å². The largest absolute Gasteiger partial charge is 1.00 e. The maximum absolute atomic E-state index is 12.7. The van der Waals surface area contributed by atoms with E-state index in [1.807, 2.05) is 0 Å². The first-order valence-corrected chi connectivity index (χ1v) is 11.0. The van der Waals surface area contributed by atoms with Gasteiger partial charge >= 0.3 is 35.5 Å². The summed E-state index contributed by atoms with van der Waals surface area (Å²) in [5, 5.41) is 14.1. The normalized spacial score (nSPS) is 25.1. The Hall–Kier alpha value is -1.31. The molecule has 0 spiro atoms. The second kappa shape index (κ2) is 10.1. The second-order valence-electron chi connectivity index (χ2n) is 6.84. The molecule has 2 unspecified atom stereocenters. The molecule has 0 aromatic carbocycles. The number of nitrogens with one attached hydrogen (secondary N) is 1. The topological polar surface area (TPSA) is 155 Å². The first-order valence-electron chi connectivity index (χ1n) is 8.76. The number of carbonyl (C=O) groups excluding carboxylic acids is 4. The number of fused-ring (bicyclic) bond motifs is 1. The third-order valence-corrected chi connectivity index (χ3v) is 7.48. The third-order valence-electron chi connectivity index (χ3n) is 4.81. The average Bonchev–Trinajstić information content (AvgIpc) is 3.02. The predicted molar refractivity (Wildman–Crippen MR) is 109 cm³/mol. The van der Waals surface area contributed by atoms with Crippen molar-refractivity contribution in [3.63, 3.8) is 0 Å². The number of nitrogens with zero attached hydrogens (tertiary/aromatic N) is 2. The number of carboxylic acids is 1. The van der Waals surface area contributed by atoms with Gasteiger partial charge in [-0.05, 0) is 6.92 Å². The number of carboxylic acid groups (broad SMARTS) is 1. The number of nitrogens with two attached hydrogens (primary N) is 1. The predicted octanol–water partition coefficient (Wildman–Crippen LogP) is -3.51. The van der Waals surface area contributed by atoms with Gasteiger partial charge in [0.25, 0.3) is 5.91 Å². The van der Waals surface area contributed by atoms with Crippen LogP contribution >= 0.6 is 34.7 Å². The number of allylic oxidation sites excluding steroid dienone is 1. The number of hydrogen-bond acceptors (Lipinski definition) is 10. The van der Waals surface area contributed by atoms with Crippen LogP contribution in [0.2, 0.25) is 4.34 Å². The van der Waals surface area contributed by atoms with Crippen LogP contribution in [-0.2, 0) is 23.9 Å². The number of halogens is 1. The molecule has 2 saturated heterocycles. The van der Waals surface area contributed by atoms with Gasteiger partial charge in [-0.1, -0.05) is 29.0 Å². The molecule has 0 radical (unpaired) electrons. The zero-order valence-corrected chi connectivity index (χ0v) is 21.4. The Kier molecular flexibility index (Phi) is 8.45. The van der Waals surface area contributed by atoms with E-state index in [4.69, 9.17) is 22.1 Å². The van der Waals surface area contributed by atoms with E-state index in [1.165, 1.54) is 29.7 Å². The number of amides is 2. The zero-order valence-electron chi connectivity index (χ0n) is 17.0. The molecular weight excluding hydrogens is 479 g/mol. The van der Waals surface area contributed by atoms with Crippen LogP contribution in [0.25, 0.3) is 5.57 Å². The number of rotatable bonds is 6. The fraction of sp³-hybridized carbons (Fsp3) is 0.471. The minimum atomic E-state index is -1.50. The van der Waals surface area contributed by atoms with Gasteiger partial charge in [-0.25, -0.2) is 4.98 Å². The van der Waals surface area contributed by atoms with E-state index in [0.29, 0.717) is 0 Å². The summed E-state index contributed by atoms with van der Waals surface area (Å²) in [4.78, 5) is 53.5. The van der Waals surface area contributed by atoms with E-state index in [-0.39, 0.29) is 62.6 Å². The van der Waals surface area contributed by atoms with Crippen molar-refractivity contribution in [1.29, 1.82) is 0 Å². The average molecular weight is 497 g/mol. The number of carbonyl (C=O) groups is 4. The molecule has 1 aromatic rings. The summed E-state index contributed by atoms with van der Waals surface area (Å²) in [5.74, 6) is -2.94. The monoisotopic (exact) mass is 496 g/mol. The number of esters is 1. The number of β-lactam (4-membered cyclic amide) rings is 1. The van der Waals surface area contributed by atoms with E-state index >= 15 is 0 Å². The summed E-state index contributed by atoms with van der Waals surface area (Å²) in [7, 11) is 0. The molecule has 10 nitrogen and oxygen atoms in total. The smallest absolute Gasteiger partial charge is 0.549 e. The Balaban J connectivity index is 0.00000341. The van der Waals surface area contributed by atoms with Crippen LogP contribution in [0.1, 0.15) is 19.5 Å². The molecule has 2 amide bonds.